The molecule has 0 heterocycles. The molecule has 0 aliphatic rings. The number of carbonyl (C=O) groups is 1. The summed E-state index contributed by atoms with van der Waals surface area (Å²) in [5, 5.41) is 8.27. The van der Waals surface area contributed by atoms with E-state index in [4.69, 9.17) is 9.84 Å². The van der Waals surface area contributed by atoms with Gasteiger partial charge in [-0.3, -0.25) is 4.79 Å². The molecular weight excluding hydrogens is 318 g/mol. The second-order valence-corrected chi connectivity index (χ2v) is 7.70. The van der Waals surface area contributed by atoms with Crippen molar-refractivity contribution in [3.05, 3.63) is 35.9 Å². The topological polar surface area (TPSA) is 92.7 Å². The van der Waals surface area contributed by atoms with Gasteiger partial charge in [0.2, 0.25) is 10.0 Å². The molecule has 7 heteroatoms. The van der Waals surface area contributed by atoms with Crippen molar-refractivity contribution in [1.82, 2.24) is 4.72 Å². The molecule has 6 nitrogen and oxygen atoms in total. The molecule has 1 aromatic carbocycles. The van der Waals surface area contributed by atoms with Crippen molar-refractivity contribution in [1.29, 1.82) is 0 Å². The smallest absolute Gasteiger partial charge is 0.303 e. The highest BCUT2D eigenvalue weighted by molar-refractivity contribution is 7.90. The lowest BCUT2D eigenvalue weighted by Gasteiger charge is -2.21. The lowest BCUT2D eigenvalue weighted by molar-refractivity contribution is -0.137. The Morgan fingerprint density at radius 1 is 1.26 bits per heavy atom. The summed E-state index contributed by atoms with van der Waals surface area (Å²) in [6.45, 7) is 1.98. The van der Waals surface area contributed by atoms with Crippen LogP contribution in [0.2, 0.25) is 0 Å². The van der Waals surface area contributed by atoms with Gasteiger partial charge >= 0.3 is 5.97 Å². The lowest BCUT2D eigenvalue weighted by atomic mass is 10.0. The minimum absolute atomic E-state index is 0.0769. The van der Waals surface area contributed by atoms with Crippen molar-refractivity contribution in [3.8, 4) is 0 Å². The van der Waals surface area contributed by atoms with Crippen LogP contribution in [0.1, 0.15) is 31.7 Å². The summed E-state index contributed by atoms with van der Waals surface area (Å²) in [4.78, 5) is 10.8. The summed E-state index contributed by atoms with van der Waals surface area (Å²) < 4.78 is 32.3. The Labute approximate surface area is 137 Å². The predicted octanol–water partition coefficient (Wildman–Crippen LogP) is 1.81. The van der Waals surface area contributed by atoms with Crippen LogP contribution in [0.3, 0.4) is 0 Å². The first-order valence-electron chi connectivity index (χ1n) is 7.61. The molecule has 0 saturated carbocycles. The van der Waals surface area contributed by atoms with Crippen LogP contribution in [0.25, 0.3) is 0 Å². The number of rotatable bonds is 11. The molecule has 0 spiro atoms. The number of hydrogen-bond donors (Lipinski definition) is 2. The lowest BCUT2D eigenvalue weighted by Crippen LogP contribution is -2.41. The molecule has 0 aromatic heterocycles. The number of methoxy groups -OCH3 is 1. The summed E-state index contributed by atoms with van der Waals surface area (Å²) in [6, 6.07) is 8.99. The minimum atomic E-state index is -3.52. The van der Waals surface area contributed by atoms with Gasteiger partial charge in [0, 0.05) is 26.2 Å². The van der Waals surface area contributed by atoms with Crippen LogP contribution in [0, 0.1) is 0 Å². The van der Waals surface area contributed by atoms with Gasteiger partial charge in [0.05, 0.1) is 5.25 Å². The molecule has 0 fully saturated rings. The maximum absolute atomic E-state index is 12.4. The molecule has 2 unspecified atom stereocenters. The van der Waals surface area contributed by atoms with Crippen molar-refractivity contribution >= 4 is 16.0 Å². The van der Waals surface area contributed by atoms with E-state index in [-0.39, 0.29) is 12.8 Å². The van der Waals surface area contributed by atoms with Crippen molar-refractivity contribution in [2.45, 2.75) is 43.9 Å². The van der Waals surface area contributed by atoms with E-state index in [2.05, 4.69) is 4.72 Å². The number of sulfonamides is 1. The van der Waals surface area contributed by atoms with Gasteiger partial charge in [0.15, 0.2) is 0 Å². The van der Waals surface area contributed by atoms with Crippen LogP contribution >= 0.6 is 0 Å². The fourth-order valence-corrected chi connectivity index (χ4v) is 3.49. The maximum atomic E-state index is 12.4. The molecule has 2 atom stereocenters. The van der Waals surface area contributed by atoms with Crippen LogP contribution in [0.5, 0.6) is 0 Å². The van der Waals surface area contributed by atoms with Crippen LogP contribution in [-0.2, 0) is 26.0 Å². The van der Waals surface area contributed by atoms with E-state index in [9.17, 15) is 13.2 Å². The van der Waals surface area contributed by atoms with Crippen LogP contribution in [-0.4, -0.2) is 44.5 Å². The quantitative estimate of drug-likeness (QED) is 0.639. The van der Waals surface area contributed by atoms with Crippen LogP contribution < -0.4 is 4.72 Å². The third-order valence-corrected chi connectivity index (χ3v) is 5.58. The fraction of sp³-hybridized carbons (Fsp3) is 0.562. The highest BCUT2D eigenvalue weighted by Crippen LogP contribution is 2.12. The standard InChI is InChI=1S/C16H25NO5S/c1-13(10-11-22-2)23(20,21)17-15(8-9-16(18)19)12-14-6-4-3-5-7-14/h3-7,13,15,17H,8-12H2,1-2H3,(H,18,19). The zero-order valence-corrected chi connectivity index (χ0v) is 14.4. The largest absolute Gasteiger partial charge is 0.481 e. The molecule has 0 aliphatic heterocycles. The molecule has 0 amide bonds. The predicted molar refractivity (Wildman–Crippen MR) is 88.8 cm³/mol. The Morgan fingerprint density at radius 3 is 2.48 bits per heavy atom. The SMILES string of the molecule is COCCC(C)S(=O)(=O)NC(CCC(=O)O)Cc1ccccc1. The molecular formula is C16H25NO5S. The second kappa shape index (κ2) is 9.64. The molecule has 2 N–H and O–H groups in total. The number of nitrogens with one attached hydrogen (secondary N) is 1. The Morgan fingerprint density at radius 2 is 1.91 bits per heavy atom. The van der Waals surface area contributed by atoms with Gasteiger partial charge in [-0.1, -0.05) is 30.3 Å². The highest BCUT2D eigenvalue weighted by Gasteiger charge is 2.24. The average Bonchev–Trinajstić information content (AvgIpc) is 2.50. The van der Waals surface area contributed by atoms with Crippen molar-refractivity contribution in [2.24, 2.45) is 0 Å². The molecule has 23 heavy (non-hydrogen) atoms. The molecule has 0 saturated heterocycles. The summed E-state index contributed by atoms with van der Waals surface area (Å²) >= 11 is 0. The number of hydrogen-bond acceptors (Lipinski definition) is 4. The number of aliphatic carboxylic acids is 1. The molecule has 1 rings (SSSR count). The van der Waals surface area contributed by atoms with Gasteiger partial charge in [-0.05, 0) is 31.7 Å². The van der Waals surface area contributed by atoms with Crippen molar-refractivity contribution in [3.63, 3.8) is 0 Å². The van der Waals surface area contributed by atoms with E-state index in [0.29, 0.717) is 19.4 Å². The van der Waals surface area contributed by atoms with Gasteiger partial charge in [-0.15, -0.1) is 0 Å². The summed E-state index contributed by atoms with van der Waals surface area (Å²) in [6.07, 6.45) is 1.03. The third kappa shape index (κ3) is 7.58. The monoisotopic (exact) mass is 343 g/mol. The Kier molecular flexibility index (Phi) is 8.22. The first kappa shape index (κ1) is 19.6. The number of benzene rings is 1. The van der Waals surface area contributed by atoms with Gasteiger partial charge in [0.25, 0.3) is 0 Å². The van der Waals surface area contributed by atoms with E-state index in [0.717, 1.165) is 5.56 Å². The van der Waals surface area contributed by atoms with Crippen LogP contribution in [0.4, 0.5) is 0 Å². The van der Waals surface area contributed by atoms with E-state index >= 15 is 0 Å². The first-order chi connectivity index (χ1) is 10.8. The van der Waals surface area contributed by atoms with Crippen molar-refractivity contribution < 1.29 is 23.1 Å². The molecule has 0 bridgehead atoms. The second-order valence-electron chi connectivity index (χ2n) is 5.57. The summed E-state index contributed by atoms with van der Waals surface area (Å²) in [5.41, 5.74) is 0.968. The van der Waals surface area contributed by atoms with E-state index in [1.807, 2.05) is 30.3 Å². The molecule has 1 aromatic rings. The van der Waals surface area contributed by atoms with Gasteiger partial charge in [-0.2, -0.15) is 0 Å². The minimum Gasteiger partial charge on any atom is -0.481 e. The Balaban J connectivity index is 2.76. The van der Waals surface area contributed by atoms with Crippen LogP contribution in [0.15, 0.2) is 30.3 Å². The van der Waals surface area contributed by atoms with E-state index < -0.39 is 27.3 Å². The highest BCUT2D eigenvalue weighted by atomic mass is 32.2. The van der Waals surface area contributed by atoms with Gasteiger partial charge in [-0.25, -0.2) is 13.1 Å². The normalized spacial score (nSPS) is 14.3. The Bertz CT molecular complexity index is 573. The summed E-state index contributed by atoms with van der Waals surface area (Å²) in [5.74, 6) is -0.935. The van der Waals surface area contributed by atoms with E-state index in [1.54, 1.807) is 6.92 Å². The van der Waals surface area contributed by atoms with Gasteiger partial charge in [0.1, 0.15) is 0 Å². The first-order valence-corrected chi connectivity index (χ1v) is 9.15. The third-order valence-electron chi connectivity index (χ3n) is 3.62. The van der Waals surface area contributed by atoms with Gasteiger partial charge < -0.3 is 9.84 Å². The maximum Gasteiger partial charge on any atom is 0.303 e. The number of ether oxygens (including phenoxy) is 1. The average molecular weight is 343 g/mol. The zero-order chi connectivity index (χ0) is 17.3. The Hall–Kier alpha value is -1.44. The van der Waals surface area contributed by atoms with E-state index in [1.165, 1.54) is 7.11 Å². The van der Waals surface area contributed by atoms with Crippen molar-refractivity contribution in [2.75, 3.05) is 13.7 Å². The zero-order valence-electron chi connectivity index (χ0n) is 13.6. The molecule has 0 radical (unpaired) electrons. The molecule has 0 aliphatic carbocycles. The number of carboxylic acid groups (broad SMARTS) is 1. The number of carboxylic acids is 1. The molecule has 130 valence electrons. The fourth-order valence-electron chi connectivity index (χ4n) is 2.19. The summed E-state index contributed by atoms with van der Waals surface area (Å²) in [7, 11) is -2.00.